The summed E-state index contributed by atoms with van der Waals surface area (Å²) in [5.74, 6) is 1.28. The van der Waals surface area contributed by atoms with Gasteiger partial charge < -0.3 is 14.6 Å². The highest BCUT2D eigenvalue weighted by atomic mass is 16.5. The van der Waals surface area contributed by atoms with E-state index in [2.05, 4.69) is 22.6 Å². The number of aromatic nitrogens is 1. The third-order valence-corrected chi connectivity index (χ3v) is 5.18. The lowest BCUT2D eigenvalue weighted by atomic mass is 10.0. The van der Waals surface area contributed by atoms with Crippen molar-refractivity contribution in [3.8, 4) is 5.75 Å². The molecule has 0 aliphatic heterocycles. The average Bonchev–Trinajstić information content (AvgIpc) is 3.12. The van der Waals surface area contributed by atoms with Gasteiger partial charge in [0.05, 0.1) is 11.3 Å². The molecule has 1 N–H and O–H groups in total. The molecule has 1 heterocycles. The number of ether oxygens (including phenoxy) is 1. The van der Waals surface area contributed by atoms with Gasteiger partial charge in [0.1, 0.15) is 18.1 Å². The first-order valence-electron chi connectivity index (χ1n) is 10.2. The number of aryl methyl sites for hydroxylation is 2. The molecular formula is C26H24N2O3. The Bertz CT molecular complexity index is 1150. The van der Waals surface area contributed by atoms with Gasteiger partial charge >= 0.3 is 0 Å². The van der Waals surface area contributed by atoms with E-state index in [0.29, 0.717) is 17.9 Å². The Labute approximate surface area is 181 Å². The van der Waals surface area contributed by atoms with Crippen LogP contribution >= 0.6 is 0 Å². The number of benzene rings is 3. The first-order valence-corrected chi connectivity index (χ1v) is 10.2. The summed E-state index contributed by atoms with van der Waals surface area (Å²) >= 11 is 0. The van der Waals surface area contributed by atoms with E-state index in [1.807, 2.05) is 56.3 Å². The molecule has 0 aliphatic rings. The molecule has 1 amide bonds. The third kappa shape index (κ3) is 5.01. The van der Waals surface area contributed by atoms with Gasteiger partial charge in [-0.15, -0.1) is 0 Å². The molecule has 1 aromatic heterocycles. The maximum atomic E-state index is 12.8. The highest BCUT2D eigenvalue weighted by Gasteiger charge is 2.12. The normalized spacial score (nSPS) is 10.6. The predicted octanol–water partition coefficient (Wildman–Crippen LogP) is 5.71. The second-order valence-electron chi connectivity index (χ2n) is 7.39. The van der Waals surface area contributed by atoms with Crippen molar-refractivity contribution in [3.63, 3.8) is 0 Å². The van der Waals surface area contributed by atoms with Crippen LogP contribution in [0.3, 0.4) is 0 Å². The molecule has 4 rings (SSSR count). The van der Waals surface area contributed by atoms with Crippen molar-refractivity contribution in [1.29, 1.82) is 0 Å². The number of hydrogen-bond acceptors (Lipinski definition) is 4. The molecule has 0 aliphatic carbocycles. The first kappa shape index (κ1) is 20.4. The number of rotatable bonds is 7. The molecule has 5 nitrogen and oxygen atoms in total. The van der Waals surface area contributed by atoms with E-state index in [0.717, 1.165) is 34.7 Å². The fourth-order valence-electron chi connectivity index (χ4n) is 3.37. The predicted molar refractivity (Wildman–Crippen MR) is 120 cm³/mol. The summed E-state index contributed by atoms with van der Waals surface area (Å²) in [7, 11) is 0. The van der Waals surface area contributed by atoms with Gasteiger partial charge in [-0.2, -0.15) is 0 Å². The largest absolute Gasteiger partial charge is 0.489 e. The van der Waals surface area contributed by atoms with Crippen LogP contribution in [0.1, 0.15) is 38.5 Å². The van der Waals surface area contributed by atoms with Crippen LogP contribution in [0.2, 0.25) is 0 Å². The quantitative estimate of drug-likeness (QED) is 0.422. The first-order chi connectivity index (χ1) is 15.1. The second-order valence-corrected chi connectivity index (χ2v) is 7.39. The summed E-state index contributed by atoms with van der Waals surface area (Å²) < 4.78 is 11.0. The number of anilines is 1. The molecule has 0 bridgehead atoms. The van der Waals surface area contributed by atoms with Crippen LogP contribution in [-0.2, 0) is 13.0 Å². The lowest BCUT2D eigenvalue weighted by Crippen LogP contribution is -2.13. The summed E-state index contributed by atoms with van der Waals surface area (Å²) in [6.45, 7) is 4.12. The topological polar surface area (TPSA) is 64.4 Å². The maximum absolute atomic E-state index is 12.8. The van der Waals surface area contributed by atoms with Gasteiger partial charge in [0.25, 0.3) is 5.91 Å². The monoisotopic (exact) mass is 412 g/mol. The van der Waals surface area contributed by atoms with Crippen LogP contribution in [-0.4, -0.2) is 11.1 Å². The zero-order chi connectivity index (χ0) is 21.6. The SMILES string of the molecule is Cc1noc(C)c1COc1ccc(C(=O)Nc2ccccc2Cc2ccccc2)cc1. The Kier molecular flexibility index (Phi) is 6.13. The fourth-order valence-corrected chi connectivity index (χ4v) is 3.37. The minimum atomic E-state index is -0.155. The summed E-state index contributed by atoms with van der Waals surface area (Å²) in [5.41, 5.74) is 5.42. The van der Waals surface area contributed by atoms with E-state index in [4.69, 9.17) is 9.26 Å². The van der Waals surface area contributed by atoms with E-state index >= 15 is 0 Å². The van der Waals surface area contributed by atoms with E-state index in [1.54, 1.807) is 24.3 Å². The number of hydrogen-bond donors (Lipinski definition) is 1. The van der Waals surface area contributed by atoms with Crippen LogP contribution in [0, 0.1) is 13.8 Å². The lowest BCUT2D eigenvalue weighted by Gasteiger charge is -2.12. The summed E-state index contributed by atoms with van der Waals surface area (Å²) in [6, 6.07) is 25.2. The summed E-state index contributed by atoms with van der Waals surface area (Å²) in [4.78, 5) is 12.8. The van der Waals surface area contributed by atoms with Crippen molar-refractivity contribution in [2.24, 2.45) is 0 Å². The van der Waals surface area contributed by atoms with Crippen molar-refractivity contribution in [2.75, 3.05) is 5.32 Å². The number of nitrogens with one attached hydrogen (secondary N) is 1. The molecule has 31 heavy (non-hydrogen) atoms. The molecule has 4 aromatic rings. The van der Waals surface area contributed by atoms with Crippen LogP contribution in [0.4, 0.5) is 5.69 Å². The zero-order valence-electron chi connectivity index (χ0n) is 17.6. The minimum absolute atomic E-state index is 0.155. The van der Waals surface area contributed by atoms with Gasteiger partial charge in [0.2, 0.25) is 0 Å². The molecule has 5 heteroatoms. The molecule has 3 aromatic carbocycles. The Morgan fingerprint density at radius 2 is 1.65 bits per heavy atom. The molecule has 0 atom stereocenters. The van der Waals surface area contributed by atoms with E-state index in [-0.39, 0.29) is 5.91 Å². The van der Waals surface area contributed by atoms with Crippen LogP contribution in [0.15, 0.2) is 83.4 Å². The van der Waals surface area contributed by atoms with Crippen LogP contribution in [0.25, 0.3) is 0 Å². The second kappa shape index (κ2) is 9.30. The fraction of sp³-hybridized carbons (Fsp3) is 0.154. The van der Waals surface area contributed by atoms with Crippen LogP contribution in [0.5, 0.6) is 5.75 Å². The van der Waals surface area contributed by atoms with Gasteiger partial charge in [-0.25, -0.2) is 0 Å². The Morgan fingerprint density at radius 1 is 0.935 bits per heavy atom. The van der Waals surface area contributed by atoms with Crippen molar-refractivity contribution < 1.29 is 14.1 Å². The van der Waals surface area contributed by atoms with Crippen molar-refractivity contribution in [2.45, 2.75) is 26.9 Å². The molecule has 0 spiro atoms. The average molecular weight is 412 g/mol. The molecule has 0 fully saturated rings. The van der Waals surface area contributed by atoms with Gasteiger partial charge in [-0.05, 0) is 61.7 Å². The number of nitrogens with zero attached hydrogens (tertiary/aromatic N) is 1. The molecule has 0 saturated heterocycles. The zero-order valence-corrected chi connectivity index (χ0v) is 17.6. The van der Waals surface area contributed by atoms with Crippen molar-refractivity contribution >= 4 is 11.6 Å². The van der Waals surface area contributed by atoms with E-state index in [1.165, 1.54) is 5.56 Å². The molecule has 156 valence electrons. The smallest absolute Gasteiger partial charge is 0.255 e. The standard InChI is InChI=1S/C26H24N2O3/c1-18-24(19(2)31-28-18)17-30-23-14-12-21(13-15-23)26(29)27-25-11-7-6-10-22(25)16-20-8-4-3-5-9-20/h3-15H,16-17H2,1-2H3,(H,27,29). The van der Waals surface area contributed by atoms with Crippen molar-refractivity contribution in [3.05, 3.63) is 113 Å². The van der Waals surface area contributed by atoms with Crippen molar-refractivity contribution in [1.82, 2.24) is 5.16 Å². The number of amides is 1. The maximum Gasteiger partial charge on any atom is 0.255 e. The van der Waals surface area contributed by atoms with Gasteiger partial charge in [-0.3, -0.25) is 4.79 Å². The Balaban J connectivity index is 1.41. The highest BCUT2D eigenvalue weighted by Crippen LogP contribution is 2.21. The number of carbonyl (C=O) groups excluding carboxylic acids is 1. The van der Waals surface area contributed by atoms with Gasteiger partial charge in [0, 0.05) is 11.3 Å². The molecular weight excluding hydrogens is 388 g/mol. The summed E-state index contributed by atoms with van der Waals surface area (Å²) in [5, 5.41) is 6.97. The minimum Gasteiger partial charge on any atom is -0.489 e. The van der Waals surface area contributed by atoms with E-state index in [9.17, 15) is 4.79 Å². The van der Waals surface area contributed by atoms with E-state index < -0.39 is 0 Å². The highest BCUT2D eigenvalue weighted by molar-refractivity contribution is 6.04. The third-order valence-electron chi connectivity index (χ3n) is 5.18. The number of carbonyl (C=O) groups is 1. The molecule has 0 saturated carbocycles. The number of para-hydroxylation sites is 1. The van der Waals surface area contributed by atoms with Crippen LogP contribution < -0.4 is 10.1 Å². The van der Waals surface area contributed by atoms with Gasteiger partial charge in [0.15, 0.2) is 0 Å². The summed E-state index contributed by atoms with van der Waals surface area (Å²) in [6.07, 6.45) is 0.756. The lowest BCUT2D eigenvalue weighted by molar-refractivity contribution is 0.102. The molecule has 0 radical (unpaired) electrons. The van der Waals surface area contributed by atoms with Gasteiger partial charge in [-0.1, -0.05) is 53.7 Å². The Hall–Kier alpha value is -3.86. The molecule has 0 unspecified atom stereocenters. The Morgan fingerprint density at radius 3 is 2.35 bits per heavy atom.